The molecule has 0 aliphatic rings. The van der Waals surface area contributed by atoms with E-state index < -0.39 is 10.5 Å². The van der Waals surface area contributed by atoms with Gasteiger partial charge in [-0.25, -0.2) is 0 Å². The van der Waals surface area contributed by atoms with Crippen molar-refractivity contribution in [3.8, 4) is 5.75 Å². The first kappa shape index (κ1) is 13.9. The minimum absolute atomic E-state index is 0.122. The average molecular weight is 326 g/mol. The molecule has 1 aromatic rings. The van der Waals surface area contributed by atoms with Gasteiger partial charge in [-0.2, -0.15) is 8.42 Å². The normalized spacial score (nSPS) is 10.9. The summed E-state index contributed by atoms with van der Waals surface area (Å²) < 4.78 is 36.6. The third-order valence-corrected chi connectivity index (χ3v) is 2.63. The number of benzene rings is 1. The van der Waals surface area contributed by atoms with E-state index in [1.807, 2.05) is 0 Å². The summed E-state index contributed by atoms with van der Waals surface area (Å²) >= 11 is 2.99. The minimum Gasteiger partial charge on any atom is -0.358 e. The Bertz CT molecular complexity index is 488. The lowest BCUT2D eigenvalue weighted by atomic mass is 10.2. The number of halogens is 2. The van der Waals surface area contributed by atoms with Gasteiger partial charge in [0.05, 0.1) is 5.33 Å². The number of carbonyl (C=O) groups excluding carboxylic acids is 1. The van der Waals surface area contributed by atoms with E-state index in [1.54, 1.807) is 0 Å². The van der Waals surface area contributed by atoms with Crippen LogP contribution in [-0.2, 0) is 21.8 Å². The van der Waals surface area contributed by atoms with Crippen molar-refractivity contribution in [2.24, 2.45) is 0 Å². The molecule has 94 valence electrons. The number of alkyl halides is 1. The molecule has 0 fully saturated rings. The van der Waals surface area contributed by atoms with Gasteiger partial charge in [-0.15, -0.1) is 0 Å². The molecule has 1 aromatic carbocycles. The molecule has 0 aliphatic heterocycles. The highest BCUT2D eigenvalue weighted by Crippen LogP contribution is 2.14. The summed E-state index contributed by atoms with van der Waals surface area (Å²) in [7, 11) is -5.00. The standard InChI is InChI=1S/C9H9BrFNO4S/c10-5-9(13)12-6-7-1-3-8(4-2-7)16-17(11,14)15/h1-4H,5-6H2,(H,12,13). The van der Waals surface area contributed by atoms with Crippen molar-refractivity contribution in [2.45, 2.75) is 6.54 Å². The Labute approximate surface area is 107 Å². The average Bonchev–Trinajstić information content (AvgIpc) is 2.25. The van der Waals surface area contributed by atoms with E-state index in [-0.39, 0.29) is 17.0 Å². The molecular weight excluding hydrogens is 317 g/mol. The number of hydrogen-bond acceptors (Lipinski definition) is 4. The van der Waals surface area contributed by atoms with Crippen LogP contribution < -0.4 is 9.50 Å². The highest BCUT2D eigenvalue weighted by atomic mass is 79.9. The van der Waals surface area contributed by atoms with Crippen molar-refractivity contribution in [3.05, 3.63) is 29.8 Å². The highest BCUT2D eigenvalue weighted by molar-refractivity contribution is 9.09. The summed E-state index contributed by atoms with van der Waals surface area (Å²) in [5, 5.41) is 2.80. The van der Waals surface area contributed by atoms with Crippen LogP contribution in [0.3, 0.4) is 0 Å². The van der Waals surface area contributed by atoms with Gasteiger partial charge in [0.1, 0.15) is 5.75 Å². The molecule has 5 nitrogen and oxygen atoms in total. The fourth-order valence-corrected chi connectivity index (χ4v) is 1.56. The third-order valence-electron chi connectivity index (χ3n) is 1.73. The Balaban J connectivity index is 2.59. The van der Waals surface area contributed by atoms with Crippen LogP contribution in [0.15, 0.2) is 24.3 Å². The molecule has 0 aliphatic carbocycles. The van der Waals surface area contributed by atoms with Gasteiger partial charge in [0.25, 0.3) is 0 Å². The summed E-state index contributed by atoms with van der Waals surface area (Å²) in [6.45, 7) is 0.299. The van der Waals surface area contributed by atoms with Gasteiger partial charge in [0, 0.05) is 6.54 Å². The van der Waals surface area contributed by atoms with Crippen molar-refractivity contribution in [3.63, 3.8) is 0 Å². The number of hydrogen-bond donors (Lipinski definition) is 1. The topological polar surface area (TPSA) is 72.5 Å². The molecule has 1 amide bonds. The first-order valence-corrected chi connectivity index (χ1v) is 6.89. The molecule has 0 saturated heterocycles. The van der Waals surface area contributed by atoms with Crippen molar-refractivity contribution in [2.75, 3.05) is 5.33 Å². The summed E-state index contributed by atoms with van der Waals surface area (Å²) in [5.74, 6) is -0.292. The van der Waals surface area contributed by atoms with Gasteiger partial charge in [-0.3, -0.25) is 4.79 Å². The van der Waals surface area contributed by atoms with Crippen molar-refractivity contribution < 1.29 is 21.3 Å². The number of rotatable bonds is 5. The Morgan fingerprint density at radius 3 is 2.41 bits per heavy atom. The maximum absolute atomic E-state index is 12.2. The van der Waals surface area contributed by atoms with E-state index in [1.165, 1.54) is 24.3 Å². The predicted molar refractivity (Wildman–Crippen MR) is 62.7 cm³/mol. The van der Waals surface area contributed by atoms with Crippen LogP contribution in [0.4, 0.5) is 3.89 Å². The molecule has 0 aromatic heterocycles. The molecule has 1 rings (SSSR count). The van der Waals surface area contributed by atoms with E-state index in [2.05, 4.69) is 25.4 Å². The Hall–Kier alpha value is -1.15. The van der Waals surface area contributed by atoms with Crippen LogP contribution in [0, 0.1) is 0 Å². The van der Waals surface area contributed by atoms with Crippen LogP contribution >= 0.6 is 15.9 Å². The van der Waals surface area contributed by atoms with E-state index >= 15 is 0 Å². The van der Waals surface area contributed by atoms with Crippen molar-refractivity contribution >= 4 is 32.3 Å². The van der Waals surface area contributed by atoms with Crippen LogP contribution in [0.1, 0.15) is 5.56 Å². The quantitative estimate of drug-likeness (QED) is 0.654. The monoisotopic (exact) mass is 325 g/mol. The van der Waals surface area contributed by atoms with Crippen molar-refractivity contribution in [1.82, 2.24) is 5.32 Å². The van der Waals surface area contributed by atoms with Gasteiger partial charge in [-0.1, -0.05) is 31.9 Å². The molecule has 0 bridgehead atoms. The Kier molecular flexibility index (Phi) is 4.88. The Morgan fingerprint density at radius 1 is 1.35 bits per heavy atom. The first-order chi connectivity index (χ1) is 7.90. The Morgan fingerprint density at radius 2 is 1.94 bits per heavy atom. The van der Waals surface area contributed by atoms with E-state index in [9.17, 15) is 17.1 Å². The zero-order valence-corrected chi connectivity index (χ0v) is 10.9. The van der Waals surface area contributed by atoms with Crippen LogP contribution in [-0.4, -0.2) is 19.7 Å². The van der Waals surface area contributed by atoms with Crippen LogP contribution in [0.5, 0.6) is 5.75 Å². The van der Waals surface area contributed by atoms with Crippen LogP contribution in [0.2, 0.25) is 0 Å². The van der Waals surface area contributed by atoms with E-state index in [0.29, 0.717) is 6.54 Å². The molecule has 17 heavy (non-hydrogen) atoms. The van der Waals surface area contributed by atoms with Gasteiger partial charge in [-0.05, 0) is 17.7 Å². The molecule has 1 N–H and O–H groups in total. The molecule has 0 atom stereocenters. The zero-order valence-electron chi connectivity index (χ0n) is 8.52. The fraction of sp³-hybridized carbons (Fsp3) is 0.222. The smallest absolute Gasteiger partial charge is 0.358 e. The molecule has 0 spiro atoms. The van der Waals surface area contributed by atoms with Gasteiger partial charge in [0.15, 0.2) is 0 Å². The first-order valence-electron chi connectivity index (χ1n) is 4.46. The number of amides is 1. The van der Waals surface area contributed by atoms with Gasteiger partial charge >= 0.3 is 10.5 Å². The van der Waals surface area contributed by atoms with Gasteiger partial charge in [0.2, 0.25) is 5.91 Å². The summed E-state index contributed by atoms with van der Waals surface area (Å²) in [6.07, 6.45) is 0. The lowest BCUT2D eigenvalue weighted by Crippen LogP contribution is -2.23. The van der Waals surface area contributed by atoms with Crippen LogP contribution in [0.25, 0.3) is 0 Å². The van der Waals surface area contributed by atoms with Gasteiger partial charge < -0.3 is 9.50 Å². The second-order valence-electron chi connectivity index (χ2n) is 3.03. The lowest BCUT2D eigenvalue weighted by molar-refractivity contribution is -0.118. The van der Waals surface area contributed by atoms with Crippen molar-refractivity contribution in [1.29, 1.82) is 0 Å². The number of nitrogens with one attached hydrogen (secondary N) is 1. The molecule has 0 heterocycles. The lowest BCUT2D eigenvalue weighted by Gasteiger charge is -2.04. The molecule has 8 heteroatoms. The highest BCUT2D eigenvalue weighted by Gasteiger charge is 2.09. The second-order valence-corrected chi connectivity index (χ2v) is 4.54. The number of carbonyl (C=O) groups is 1. The molecule has 0 radical (unpaired) electrons. The zero-order chi connectivity index (χ0) is 12.9. The molecular formula is C9H9BrFNO4S. The van der Waals surface area contributed by atoms with E-state index in [0.717, 1.165) is 5.56 Å². The largest absolute Gasteiger partial charge is 0.488 e. The van der Waals surface area contributed by atoms with E-state index in [4.69, 9.17) is 0 Å². The predicted octanol–water partition coefficient (Wildman–Crippen LogP) is 1.29. The molecule has 0 unspecified atom stereocenters. The summed E-state index contributed by atoms with van der Waals surface area (Å²) in [5.41, 5.74) is 0.739. The maximum Gasteiger partial charge on any atom is 0.488 e. The second kappa shape index (κ2) is 5.97. The fourth-order valence-electron chi connectivity index (χ4n) is 1.03. The SMILES string of the molecule is O=C(CBr)NCc1ccc(OS(=O)(=O)F)cc1. The summed E-state index contributed by atoms with van der Waals surface area (Å²) in [6, 6.07) is 5.64. The third kappa shape index (κ3) is 5.64. The maximum atomic E-state index is 12.2. The molecule has 0 saturated carbocycles. The minimum atomic E-state index is -5.00. The summed E-state index contributed by atoms with van der Waals surface area (Å²) in [4.78, 5) is 10.9.